The van der Waals surface area contributed by atoms with Gasteiger partial charge in [-0.15, -0.1) is 0 Å². The monoisotopic (exact) mass is 224 g/mol. The Balaban J connectivity index is 2.78. The zero-order valence-electron chi connectivity index (χ0n) is 8.38. The molecule has 0 fully saturated rings. The minimum Gasteiger partial charge on any atom is -0.385 e. The van der Waals surface area contributed by atoms with Crippen molar-refractivity contribution in [2.75, 3.05) is 0 Å². The maximum absolute atomic E-state index is 11.2. The number of rotatable bonds is 4. The van der Waals surface area contributed by atoms with E-state index in [0.29, 0.717) is 0 Å². The van der Waals surface area contributed by atoms with Crippen LogP contribution in [-0.2, 0) is 14.3 Å². The third kappa shape index (κ3) is 4.46. The van der Waals surface area contributed by atoms with Crippen molar-refractivity contribution in [2.24, 2.45) is 0 Å². The summed E-state index contributed by atoms with van der Waals surface area (Å²) in [6.07, 6.45) is 1.47. The molecule has 0 aliphatic heterocycles. The van der Waals surface area contributed by atoms with Crippen LogP contribution in [0.3, 0.4) is 0 Å². The maximum atomic E-state index is 11.2. The van der Waals surface area contributed by atoms with Crippen LogP contribution in [0.1, 0.15) is 12.5 Å². The summed E-state index contributed by atoms with van der Waals surface area (Å²) in [5.74, 6) is 0.146. The molecule has 1 rings (SSSR count). The molecule has 0 bridgehead atoms. The summed E-state index contributed by atoms with van der Waals surface area (Å²) in [4.78, 5) is 0. The molecule has 0 heterocycles. The summed E-state index contributed by atoms with van der Waals surface area (Å²) in [7, 11) is -3.66. The van der Waals surface area contributed by atoms with Gasteiger partial charge in [-0.2, -0.15) is 8.42 Å². The number of hydrogen-bond acceptors (Lipinski definition) is 3. The third-order valence-electron chi connectivity index (χ3n) is 1.49. The standard InChI is InChI=1S/C11H12O3S/c1-10(2)14-15(12,13)9-8-11-6-4-3-5-7-11/h3-9H,1H2,2H3/b9-8+. The lowest BCUT2D eigenvalue weighted by Crippen LogP contribution is -1.98. The molecule has 3 nitrogen and oxygen atoms in total. The van der Waals surface area contributed by atoms with Gasteiger partial charge in [-0.3, -0.25) is 0 Å². The molecule has 15 heavy (non-hydrogen) atoms. The summed E-state index contributed by atoms with van der Waals surface area (Å²) in [6, 6.07) is 9.10. The van der Waals surface area contributed by atoms with Gasteiger partial charge in [0.1, 0.15) is 5.76 Å². The summed E-state index contributed by atoms with van der Waals surface area (Å²) >= 11 is 0. The molecule has 0 N–H and O–H groups in total. The van der Waals surface area contributed by atoms with Crippen molar-refractivity contribution in [2.45, 2.75) is 6.92 Å². The summed E-state index contributed by atoms with van der Waals surface area (Å²) < 4.78 is 27.0. The van der Waals surface area contributed by atoms with Gasteiger partial charge in [0, 0.05) is 0 Å². The molecule has 1 aromatic carbocycles. The molecule has 0 saturated carbocycles. The van der Waals surface area contributed by atoms with Gasteiger partial charge >= 0.3 is 10.1 Å². The Labute approximate surface area is 89.8 Å². The Morgan fingerprint density at radius 2 is 1.93 bits per heavy atom. The molecule has 1 aromatic rings. The molecule has 0 spiro atoms. The van der Waals surface area contributed by atoms with E-state index in [0.717, 1.165) is 11.0 Å². The van der Waals surface area contributed by atoms with Crippen LogP contribution in [-0.4, -0.2) is 8.42 Å². The van der Waals surface area contributed by atoms with Crippen LogP contribution in [0, 0.1) is 0 Å². The lowest BCUT2D eigenvalue weighted by Gasteiger charge is -2.00. The molecular formula is C11H12O3S. The highest BCUT2D eigenvalue weighted by atomic mass is 32.2. The van der Waals surface area contributed by atoms with Crippen LogP contribution in [0.15, 0.2) is 48.1 Å². The minimum atomic E-state index is -3.66. The van der Waals surface area contributed by atoms with Crippen LogP contribution in [0.4, 0.5) is 0 Å². The van der Waals surface area contributed by atoms with E-state index < -0.39 is 10.1 Å². The average molecular weight is 224 g/mol. The van der Waals surface area contributed by atoms with Gasteiger partial charge in [-0.1, -0.05) is 36.9 Å². The molecule has 0 aromatic heterocycles. The minimum absolute atomic E-state index is 0.146. The van der Waals surface area contributed by atoms with Gasteiger partial charge in [0.2, 0.25) is 0 Å². The SMILES string of the molecule is C=C(C)OS(=O)(=O)/C=C/c1ccccc1. The van der Waals surface area contributed by atoms with E-state index in [1.165, 1.54) is 13.0 Å². The van der Waals surface area contributed by atoms with E-state index in [4.69, 9.17) is 0 Å². The van der Waals surface area contributed by atoms with Gasteiger partial charge in [0.25, 0.3) is 0 Å². The molecule has 0 aliphatic rings. The van der Waals surface area contributed by atoms with Gasteiger partial charge < -0.3 is 4.18 Å². The number of hydrogen-bond donors (Lipinski definition) is 0. The van der Waals surface area contributed by atoms with Crippen molar-refractivity contribution in [3.8, 4) is 0 Å². The largest absolute Gasteiger partial charge is 0.385 e. The summed E-state index contributed by atoms with van der Waals surface area (Å²) in [5, 5.41) is 1.01. The van der Waals surface area contributed by atoms with Crippen molar-refractivity contribution >= 4 is 16.2 Å². The fourth-order valence-electron chi connectivity index (χ4n) is 0.952. The van der Waals surface area contributed by atoms with Crippen LogP contribution < -0.4 is 0 Å². The van der Waals surface area contributed by atoms with Crippen LogP contribution in [0.2, 0.25) is 0 Å². The second-order valence-electron chi connectivity index (χ2n) is 2.99. The van der Waals surface area contributed by atoms with Crippen LogP contribution in [0.25, 0.3) is 6.08 Å². The van der Waals surface area contributed by atoms with Crippen LogP contribution in [0.5, 0.6) is 0 Å². The van der Waals surface area contributed by atoms with E-state index in [2.05, 4.69) is 10.8 Å². The molecular weight excluding hydrogens is 212 g/mol. The zero-order chi connectivity index (χ0) is 11.3. The molecule has 4 heteroatoms. The molecule has 80 valence electrons. The highest BCUT2D eigenvalue weighted by Crippen LogP contribution is 2.07. The smallest absolute Gasteiger partial charge is 0.331 e. The average Bonchev–Trinajstić information content (AvgIpc) is 2.15. The first-order valence-corrected chi connectivity index (χ1v) is 5.80. The van der Waals surface area contributed by atoms with Gasteiger partial charge in [-0.25, -0.2) is 0 Å². The van der Waals surface area contributed by atoms with Crippen molar-refractivity contribution < 1.29 is 12.6 Å². The summed E-state index contributed by atoms with van der Waals surface area (Å²) in [6.45, 7) is 4.84. The van der Waals surface area contributed by atoms with Crippen molar-refractivity contribution in [1.29, 1.82) is 0 Å². The lowest BCUT2D eigenvalue weighted by molar-refractivity contribution is 0.419. The van der Waals surface area contributed by atoms with Crippen molar-refractivity contribution in [3.63, 3.8) is 0 Å². The first-order valence-electron chi connectivity index (χ1n) is 4.33. The Hall–Kier alpha value is -1.55. The van der Waals surface area contributed by atoms with Gasteiger partial charge in [0.15, 0.2) is 0 Å². The normalized spacial score (nSPS) is 11.5. The van der Waals surface area contributed by atoms with E-state index in [-0.39, 0.29) is 5.76 Å². The molecule has 0 aliphatic carbocycles. The van der Waals surface area contributed by atoms with E-state index in [1.807, 2.05) is 18.2 Å². The predicted molar refractivity (Wildman–Crippen MR) is 60.3 cm³/mol. The number of allylic oxidation sites excluding steroid dienone is 1. The highest BCUT2D eigenvalue weighted by molar-refractivity contribution is 7.89. The number of benzene rings is 1. The Bertz CT molecular complexity index is 458. The summed E-state index contributed by atoms with van der Waals surface area (Å²) in [5.41, 5.74) is 0.798. The third-order valence-corrected chi connectivity index (χ3v) is 2.47. The highest BCUT2D eigenvalue weighted by Gasteiger charge is 2.05. The molecule has 0 atom stereocenters. The molecule has 0 saturated heterocycles. The predicted octanol–water partition coefficient (Wildman–Crippen LogP) is 2.54. The maximum Gasteiger partial charge on any atom is 0.331 e. The van der Waals surface area contributed by atoms with E-state index in [9.17, 15) is 8.42 Å². The first-order chi connectivity index (χ1) is 6.99. The topological polar surface area (TPSA) is 43.4 Å². The fraction of sp³-hybridized carbons (Fsp3) is 0.0909. The first kappa shape index (κ1) is 11.5. The van der Waals surface area contributed by atoms with Crippen LogP contribution >= 0.6 is 0 Å². The lowest BCUT2D eigenvalue weighted by atomic mass is 10.2. The van der Waals surface area contributed by atoms with E-state index >= 15 is 0 Å². The Kier molecular flexibility index (Phi) is 3.68. The molecule has 0 unspecified atom stereocenters. The second-order valence-corrected chi connectivity index (χ2v) is 4.42. The Morgan fingerprint density at radius 1 is 1.33 bits per heavy atom. The Morgan fingerprint density at radius 3 is 2.47 bits per heavy atom. The fourth-order valence-corrected chi connectivity index (χ4v) is 1.73. The molecule has 0 amide bonds. The van der Waals surface area contributed by atoms with Crippen molar-refractivity contribution in [3.05, 3.63) is 53.6 Å². The second kappa shape index (κ2) is 4.79. The van der Waals surface area contributed by atoms with E-state index in [1.54, 1.807) is 12.1 Å². The molecule has 0 radical (unpaired) electrons. The van der Waals surface area contributed by atoms with Gasteiger partial charge in [0.05, 0.1) is 5.41 Å². The van der Waals surface area contributed by atoms with Gasteiger partial charge in [-0.05, 0) is 18.6 Å². The quantitative estimate of drug-likeness (QED) is 0.583. The van der Waals surface area contributed by atoms with Crippen molar-refractivity contribution in [1.82, 2.24) is 0 Å². The zero-order valence-corrected chi connectivity index (χ0v) is 9.20.